The Labute approximate surface area is 157 Å². The van der Waals surface area contributed by atoms with Crippen molar-refractivity contribution in [2.24, 2.45) is 5.10 Å². The monoisotopic (exact) mass is 367 g/mol. The number of hydrogen-bond acceptors (Lipinski definition) is 5. The first kappa shape index (κ1) is 18.4. The molecule has 2 aromatic carbocycles. The van der Waals surface area contributed by atoms with E-state index in [4.69, 9.17) is 0 Å². The van der Waals surface area contributed by atoms with E-state index in [-0.39, 0.29) is 5.69 Å². The number of nitro groups is 1. The summed E-state index contributed by atoms with van der Waals surface area (Å²) in [6, 6.07) is 13.2. The highest BCUT2D eigenvalue weighted by molar-refractivity contribution is 5.92. The van der Waals surface area contributed by atoms with Crippen LogP contribution in [0.2, 0.25) is 0 Å². The van der Waals surface area contributed by atoms with Gasteiger partial charge in [-0.25, -0.2) is 10.2 Å². The first-order chi connectivity index (χ1) is 13.1. The Morgan fingerprint density at radius 3 is 2.56 bits per heavy atom. The number of hydrazone groups is 1. The summed E-state index contributed by atoms with van der Waals surface area (Å²) in [7, 11) is 0. The van der Waals surface area contributed by atoms with Gasteiger partial charge in [-0.3, -0.25) is 10.1 Å². The molecule has 0 atom stereocenters. The number of nitrogens with one attached hydrogen (secondary N) is 2. The third-order valence-corrected chi connectivity index (χ3v) is 4.32. The molecule has 0 unspecified atom stereocenters. The molecule has 0 radical (unpaired) electrons. The highest BCUT2D eigenvalue weighted by Crippen LogP contribution is 2.26. The Kier molecular flexibility index (Phi) is 5.98. The minimum Gasteiger partial charge on any atom is -0.371 e. The van der Waals surface area contributed by atoms with Crippen molar-refractivity contribution in [3.05, 3.63) is 64.2 Å². The van der Waals surface area contributed by atoms with E-state index >= 15 is 0 Å². The standard InChI is InChI=1S/C19H21N5O3/c25-19(21-16-7-3-1-4-8-16)22-20-14-15-13-17(24(26)27)9-10-18(15)23-11-5-2-6-12-23/h1,3-4,7-10,13-14H,2,5-6,11-12H2,(H2,21,22,25)/b20-14-. The minimum atomic E-state index is -0.484. The Hall–Kier alpha value is -3.42. The number of carbonyl (C=O) groups is 1. The third-order valence-electron chi connectivity index (χ3n) is 4.32. The summed E-state index contributed by atoms with van der Waals surface area (Å²) >= 11 is 0. The number of nitro benzene ring substituents is 1. The van der Waals surface area contributed by atoms with Crippen LogP contribution in [0.5, 0.6) is 0 Å². The second-order valence-electron chi connectivity index (χ2n) is 6.24. The van der Waals surface area contributed by atoms with Crippen molar-refractivity contribution in [2.45, 2.75) is 19.3 Å². The van der Waals surface area contributed by atoms with Gasteiger partial charge in [-0.2, -0.15) is 5.10 Å². The summed E-state index contributed by atoms with van der Waals surface area (Å²) in [6.45, 7) is 1.81. The molecule has 0 spiro atoms. The SMILES string of the molecule is O=C(N/N=C\c1cc([N+](=O)[O-])ccc1N1CCCCC1)Nc1ccccc1. The molecule has 1 aliphatic rings. The van der Waals surface area contributed by atoms with E-state index in [1.807, 2.05) is 18.2 Å². The number of urea groups is 1. The van der Waals surface area contributed by atoms with Crippen LogP contribution in [0, 0.1) is 10.1 Å². The average molecular weight is 367 g/mol. The summed E-state index contributed by atoms with van der Waals surface area (Å²) in [5, 5.41) is 17.7. The van der Waals surface area contributed by atoms with E-state index < -0.39 is 11.0 Å². The molecule has 0 saturated carbocycles. The van der Waals surface area contributed by atoms with Crippen LogP contribution in [0.25, 0.3) is 0 Å². The molecule has 140 valence electrons. The maximum absolute atomic E-state index is 11.9. The lowest BCUT2D eigenvalue weighted by Gasteiger charge is -2.29. The van der Waals surface area contributed by atoms with Crippen LogP contribution in [0.15, 0.2) is 53.6 Å². The van der Waals surface area contributed by atoms with E-state index in [2.05, 4.69) is 20.7 Å². The zero-order valence-corrected chi connectivity index (χ0v) is 14.8. The van der Waals surface area contributed by atoms with Crippen molar-refractivity contribution >= 4 is 29.3 Å². The number of hydrogen-bond donors (Lipinski definition) is 2. The fourth-order valence-corrected chi connectivity index (χ4v) is 3.02. The van der Waals surface area contributed by atoms with Gasteiger partial charge in [0.05, 0.1) is 11.1 Å². The molecule has 2 aromatic rings. The lowest BCUT2D eigenvalue weighted by molar-refractivity contribution is -0.384. The van der Waals surface area contributed by atoms with Crippen molar-refractivity contribution < 1.29 is 9.72 Å². The number of amides is 2. The van der Waals surface area contributed by atoms with Crippen molar-refractivity contribution in [3.63, 3.8) is 0 Å². The summed E-state index contributed by atoms with van der Waals surface area (Å²) in [6.07, 6.45) is 4.81. The van der Waals surface area contributed by atoms with E-state index in [9.17, 15) is 14.9 Å². The predicted octanol–water partition coefficient (Wildman–Crippen LogP) is 3.74. The van der Waals surface area contributed by atoms with E-state index in [0.717, 1.165) is 31.6 Å². The molecule has 0 bridgehead atoms. The highest BCUT2D eigenvalue weighted by Gasteiger charge is 2.17. The first-order valence-electron chi connectivity index (χ1n) is 8.82. The molecular weight excluding hydrogens is 346 g/mol. The zero-order valence-electron chi connectivity index (χ0n) is 14.8. The molecule has 27 heavy (non-hydrogen) atoms. The molecule has 0 aromatic heterocycles. The second kappa shape index (κ2) is 8.79. The van der Waals surface area contributed by atoms with Gasteiger partial charge in [-0.05, 0) is 37.5 Å². The molecule has 8 nitrogen and oxygen atoms in total. The van der Waals surface area contributed by atoms with Gasteiger partial charge in [0.1, 0.15) is 0 Å². The third kappa shape index (κ3) is 5.04. The van der Waals surface area contributed by atoms with Crippen LogP contribution in [-0.2, 0) is 0 Å². The van der Waals surface area contributed by atoms with Gasteiger partial charge >= 0.3 is 6.03 Å². The smallest absolute Gasteiger partial charge is 0.339 e. The Morgan fingerprint density at radius 2 is 1.85 bits per heavy atom. The topological polar surface area (TPSA) is 99.9 Å². The quantitative estimate of drug-likeness (QED) is 0.478. The minimum absolute atomic E-state index is 0.00838. The summed E-state index contributed by atoms with van der Waals surface area (Å²) < 4.78 is 0. The first-order valence-corrected chi connectivity index (χ1v) is 8.82. The number of piperidine rings is 1. The maximum Gasteiger partial charge on any atom is 0.339 e. The number of para-hydroxylation sites is 1. The normalized spacial score (nSPS) is 14.1. The van der Waals surface area contributed by atoms with Crippen molar-refractivity contribution in [1.29, 1.82) is 0 Å². The van der Waals surface area contributed by atoms with Gasteiger partial charge in [0.2, 0.25) is 0 Å². The van der Waals surface area contributed by atoms with Gasteiger partial charge in [0.15, 0.2) is 0 Å². The number of benzene rings is 2. The van der Waals surface area contributed by atoms with Crippen LogP contribution in [-0.4, -0.2) is 30.3 Å². The molecule has 1 fully saturated rings. The molecule has 2 N–H and O–H groups in total. The fraction of sp³-hybridized carbons (Fsp3) is 0.263. The predicted molar refractivity (Wildman–Crippen MR) is 105 cm³/mol. The van der Waals surface area contributed by atoms with Crippen LogP contribution < -0.4 is 15.6 Å². The van der Waals surface area contributed by atoms with Crippen molar-refractivity contribution in [3.8, 4) is 0 Å². The summed E-state index contributed by atoms with van der Waals surface area (Å²) in [4.78, 5) is 24.8. The summed E-state index contributed by atoms with van der Waals surface area (Å²) in [5.74, 6) is 0. The van der Waals surface area contributed by atoms with Gasteiger partial charge in [0.25, 0.3) is 5.69 Å². The maximum atomic E-state index is 11.9. The molecular formula is C19H21N5O3. The molecule has 1 aliphatic heterocycles. The van der Waals surface area contributed by atoms with Crippen LogP contribution in [0.4, 0.5) is 21.9 Å². The van der Waals surface area contributed by atoms with Crippen molar-refractivity contribution in [1.82, 2.24) is 5.43 Å². The zero-order chi connectivity index (χ0) is 19.1. The largest absolute Gasteiger partial charge is 0.371 e. The van der Waals surface area contributed by atoms with E-state index in [1.165, 1.54) is 24.8 Å². The molecule has 2 amide bonds. The number of rotatable bonds is 5. The number of carbonyl (C=O) groups excluding carboxylic acids is 1. The highest BCUT2D eigenvalue weighted by atomic mass is 16.6. The number of anilines is 2. The molecule has 3 rings (SSSR count). The van der Waals surface area contributed by atoms with Crippen molar-refractivity contribution in [2.75, 3.05) is 23.3 Å². The lowest BCUT2D eigenvalue weighted by Crippen LogP contribution is -2.30. The average Bonchev–Trinajstić information content (AvgIpc) is 2.69. The van der Waals surface area contributed by atoms with Gasteiger partial charge in [-0.15, -0.1) is 0 Å². The van der Waals surface area contributed by atoms with Gasteiger partial charge < -0.3 is 10.2 Å². The molecule has 0 aliphatic carbocycles. The van der Waals surface area contributed by atoms with Gasteiger partial charge in [-0.1, -0.05) is 18.2 Å². The van der Waals surface area contributed by atoms with Crippen LogP contribution >= 0.6 is 0 Å². The Balaban J connectivity index is 1.73. The van der Waals surface area contributed by atoms with Crippen LogP contribution in [0.1, 0.15) is 24.8 Å². The molecule has 1 heterocycles. The lowest BCUT2D eigenvalue weighted by atomic mass is 10.1. The number of non-ortho nitro benzene ring substituents is 1. The molecule has 8 heteroatoms. The van der Waals surface area contributed by atoms with Gasteiger partial charge in [0, 0.05) is 42.2 Å². The molecule has 1 saturated heterocycles. The second-order valence-corrected chi connectivity index (χ2v) is 6.24. The Bertz CT molecular complexity index is 832. The van der Waals surface area contributed by atoms with E-state index in [0.29, 0.717) is 11.3 Å². The van der Waals surface area contributed by atoms with E-state index in [1.54, 1.807) is 18.2 Å². The number of nitrogens with zero attached hydrogens (tertiary/aromatic N) is 3. The van der Waals surface area contributed by atoms with Crippen LogP contribution in [0.3, 0.4) is 0 Å². The fourth-order valence-electron chi connectivity index (χ4n) is 3.02. The summed E-state index contributed by atoms with van der Waals surface area (Å²) in [5.41, 5.74) is 4.52. The Morgan fingerprint density at radius 1 is 1.11 bits per heavy atom.